The molecule has 1 aliphatic carbocycles. The second-order valence-corrected chi connectivity index (χ2v) is 6.03. The van der Waals surface area contributed by atoms with Gasteiger partial charge in [0.05, 0.1) is 6.04 Å². The Labute approximate surface area is 111 Å². The van der Waals surface area contributed by atoms with Gasteiger partial charge in [0.25, 0.3) is 0 Å². The fraction of sp³-hybridized carbons (Fsp3) is 0.933. The zero-order valence-corrected chi connectivity index (χ0v) is 11.7. The summed E-state index contributed by atoms with van der Waals surface area (Å²) in [4.78, 5) is 14.5. The number of amides is 1. The summed E-state index contributed by atoms with van der Waals surface area (Å²) in [6, 6.07) is 0.236. The highest BCUT2D eigenvalue weighted by Crippen LogP contribution is 2.34. The lowest BCUT2D eigenvalue weighted by Gasteiger charge is -2.35. The molecule has 3 heteroatoms. The van der Waals surface area contributed by atoms with Crippen molar-refractivity contribution in [1.82, 2.24) is 4.90 Å². The van der Waals surface area contributed by atoms with Gasteiger partial charge < -0.3 is 10.6 Å². The van der Waals surface area contributed by atoms with E-state index >= 15 is 0 Å². The minimum atomic E-state index is -0.265. The summed E-state index contributed by atoms with van der Waals surface area (Å²) in [5.41, 5.74) is 6.01. The molecule has 0 bridgehead atoms. The number of rotatable bonds is 4. The van der Waals surface area contributed by atoms with Crippen molar-refractivity contribution in [2.24, 2.45) is 11.7 Å². The van der Waals surface area contributed by atoms with Crippen LogP contribution in [0.5, 0.6) is 0 Å². The predicted molar refractivity (Wildman–Crippen MR) is 74.2 cm³/mol. The molecule has 2 N–H and O–H groups in total. The SMILES string of the molecule is CCC[C@@H](N)C(=O)N1CCCC1C1CCCCC1. The van der Waals surface area contributed by atoms with E-state index in [1.165, 1.54) is 44.9 Å². The first-order valence-corrected chi connectivity index (χ1v) is 7.80. The fourth-order valence-electron chi connectivity index (χ4n) is 3.72. The number of likely N-dealkylation sites (tertiary alicyclic amines) is 1. The van der Waals surface area contributed by atoms with E-state index in [-0.39, 0.29) is 11.9 Å². The van der Waals surface area contributed by atoms with Crippen LogP contribution < -0.4 is 5.73 Å². The van der Waals surface area contributed by atoms with Gasteiger partial charge in [-0.15, -0.1) is 0 Å². The second kappa shape index (κ2) is 6.55. The summed E-state index contributed by atoms with van der Waals surface area (Å²) < 4.78 is 0. The number of nitrogens with two attached hydrogens (primary N) is 1. The van der Waals surface area contributed by atoms with Gasteiger partial charge in [-0.25, -0.2) is 0 Å². The summed E-state index contributed by atoms with van der Waals surface area (Å²) >= 11 is 0. The molecule has 18 heavy (non-hydrogen) atoms. The number of nitrogens with zero attached hydrogens (tertiary/aromatic N) is 1. The Balaban J connectivity index is 1.95. The standard InChI is InChI=1S/C15H28N2O/c1-2-7-13(16)15(18)17-11-6-10-14(17)12-8-4-3-5-9-12/h12-14H,2-11,16H2,1H3/t13-,14?/m1/s1. The molecule has 0 aromatic heterocycles. The molecule has 2 atom stereocenters. The number of carbonyl (C=O) groups is 1. The second-order valence-electron chi connectivity index (χ2n) is 6.03. The topological polar surface area (TPSA) is 46.3 Å². The summed E-state index contributed by atoms with van der Waals surface area (Å²) in [5.74, 6) is 0.962. The molecule has 1 heterocycles. The fourth-order valence-corrected chi connectivity index (χ4v) is 3.72. The maximum atomic E-state index is 12.4. The molecule has 1 aliphatic heterocycles. The van der Waals surface area contributed by atoms with E-state index in [4.69, 9.17) is 5.73 Å². The maximum absolute atomic E-state index is 12.4. The van der Waals surface area contributed by atoms with Crippen LogP contribution in [0.3, 0.4) is 0 Å². The van der Waals surface area contributed by atoms with Crippen LogP contribution in [0.1, 0.15) is 64.7 Å². The van der Waals surface area contributed by atoms with Crippen LogP contribution in [-0.2, 0) is 4.79 Å². The van der Waals surface area contributed by atoms with Crippen LogP contribution in [0.4, 0.5) is 0 Å². The van der Waals surface area contributed by atoms with Crippen molar-refractivity contribution in [3.05, 3.63) is 0 Å². The van der Waals surface area contributed by atoms with Gasteiger partial charge >= 0.3 is 0 Å². The third kappa shape index (κ3) is 3.05. The average Bonchev–Trinajstić information content (AvgIpc) is 2.88. The predicted octanol–water partition coefficient (Wildman–Crippen LogP) is 2.69. The molecule has 2 rings (SSSR count). The molecule has 104 valence electrons. The maximum Gasteiger partial charge on any atom is 0.239 e. The van der Waals surface area contributed by atoms with Crippen LogP contribution in [0.15, 0.2) is 0 Å². The lowest BCUT2D eigenvalue weighted by molar-refractivity contribution is -0.134. The lowest BCUT2D eigenvalue weighted by Crippen LogP contribution is -2.48. The Morgan fingerprint density at radius 3 is 2.61 bits per heavy atom. The highest BCUT2D eigenvalue weighted by atomic mass is 16.2. The zero-order chi connectivity index (χ0) is 13.0. The van der Waals surface area contributed by atoms with Gasteiger partial charge in [0, 0.05) is 12.6 Å². The Morgan fingerprint density at radius 1 is 1.22 bits per heavy atom. The van der Waals surface area contributed by atoms with E-state index in [2.05, 4.69) is 11.8 Å². The van der Waals surface area contributed by atoms with Gasteiger partial charge in [0.1, 0.15) is 0 Å². The third-order valence-electron chi connectivity index (χ3n) is 4.69. The lowest BCUT2D eigenvalue weighted by atomic mass is 9.83. The summed E-state index contributed by atoms with van der Waals surface area (Å²) in [5, 5.41) is 0. The van der Waals surface area contributed by atoms with Crippen molar-refractivity contribution < 1.29 is 4.79 Å². The molecule has 2 fully saturated rings. The van der Waals surface area contributed by atoms with Gasteiger partial charge in [-0.3, -0.25) is 4.79 Å². The normalized spacial score (nSPS) is 27.4. The smallest absolute Gasteiger partial charge is 0.239 e. The van der Waals surface area contributed by atoms with Crippen molar-refractivity contribution in [3.8, 4) is 0 Å². The highest BCUT2D eigenvalue weighted by Gasteiger charge is 2.36. The Hall–Kier alpha value is -0.570. The molecule has 1 saturated heterocycles. The van der Waals surface area contributed by atoms with Gasteiger partial charge in [-0.1, -0.05) is 32.6 Å². The van der Waals surface area contributed by atoms with Crippen molar-refractivity contribution in [2.75, 3.05) is 6.54 Å². The van der Waals surface area contributed by atoms with E-state index in [1.54, 1.807) is 0 Å². The van der Waals surface area contributed by atoms with Gasteiger partial charge in [0.2, 0.25) is 5.91 Å². The summed E-state index contributed by atoms with van der Waals surface area (Å²) in [6.07, 6.45) is 10.9. The van der Waals surface area contributed by atoms with Crippen LogP contribution in [0.2, 0.25) is 0 Å². The molecule has 0 aromatic rings. The Morgan fingerprint density at radius 2 is 1.94 bits per heavy atom. The van der Waals surface area contributed by atoms with E-state index < -0.39 is 0 Å². The van der Waals surface area contributed by atoms with Crippen molar-refractivity contribution in [3.63, 3.8) is 0 Å². The zero-order valence-electron chi connectivity index (χ0n) is 11.7. The minimum Gasteiger partial charge on any atom is -0.338 e. The van der Waals surface area contributed by atoms with E-state index in [0.717, 1.165) is 25.3 Å². The quantitative estimate of drug-likeness (QED) is 0.836. The molecule has 1 amide bonds. The van der Waals surface area contributed by atoms with Gasteiger partial charge in [0.15, 0.2) is 0 Å². The number of carbonyl (C=O) groups excluding carboxylic acids is 1. The van der Waals surface area contributed by atoms with Gasteiger partial charge in [-0.2, -0.15) is 0 Å². The summed E-state index contributed by atoms with van der Waals surface area (Å²) in [6.45, 7) is 3.03. The highest BCUT2D eigenvalue weighted by molar-refractivity contribution is 5.82. The Kier molecular flexibility index (Phi) is 5.04. The van der Waals surface area contributed by atoms with E-state index in [0.29, 0.717) is 6.04 Å². The molecule has 0 radical (unpaired) electrons. The summed E-state index contributed by atoms with van der Waals surface area (Å²) in [7, 11) is 0. The average molecular weight is 252 g/mol. The molecule has 0 aromatic carbocycles. The monoisotopic (exact) mass is 252 g/mol. The molecule has 0 spiro atoms. The Bertz CT molecular complexity index is 274. The first-order valence-electron chi connectivity index (χ1n) is 7.80. The first kappa shape index (κ1) is 13.9. The van der Waals surface area contributed by atoms with E-state index in [1.807, 2.05) is 0 Å². The number of hydrogen-bond acceptors (Lipinski definition) is 2. The van der Waals surface area contributed by atoms with Crippen molar-refractivity contribution in [2.45, 2.75) is 76.8 Å². The molecule has 2 aliphatic rings. The molecular weight excluding hydrogens is 224 g/mol. The van der Waals surface area contributed by atoms with Crippen molar-refractivity contribution in [1.29, 1.82) is 0 Å². The van der Waals surface area contributed by atoms with Crippen LogP contribution in [-0.4, -0.2) is 29.4 Å². The van der Waals surface area contributed by atoms with Crippen LogP contribution >= 0.6 is 0 Å². The van der Waals surface area contributed by atoms with Crippen LogP contribution in [0.25, 0.3) is 0 Å². The molecule has 1 unspecified atom stereocenters. The van der Waals surface area contributed by atoms with Crippen LogP contribution in [0, 0.1) is 5.92 Å². The van der Waals surface area contributed by atoms with E-state index in [9.17, 15) is 4.79 Å². The number of hydrogen-bond donors (Lipinski definition) is 1. The van der Waals surface area contributed by atoms with Gasteiger partial charge in [-0.05, 0) is 38.0 Å². The van der Waals surface area contributed by atoms with Crippen molar-refractivity contribution >= 4 is 5.91 Å². The first-order chi connectivity index (χ1) is 8.74. The largest absolute Gasteiger partial charge is 0.338 e. The molecule has 3 nitrogen and oxygen atoms in total. The molecule has 1 saturated carbocycles. The molecular formula is C15H28N2O. The third-order valence-corrected chi connectivity index (χ3v) is 4.69. The minimum absolute atomic E-state index is 0.213.